The highest BCUT2D eigenvalue weighted by Crippen LogP contribution is 2.27. The van der Waals surface area contributed by atoms with Crippen molar-refractivity contribution >= 4 is 27.5 Å². The third kappa shape index (κ3) is 4.89. The van der Waals surface area contributed by atoms with E-state index in [1.54, 1.807) is 12.0 Å². The standard InChI is InChI=1S/C18H25N5O4S2/c1-4-13(2)22(14-9-10-29(25,26)12-14)17(24)11-28-18-19-20-21-23(18)15-7-5-6-8-16(15)27-3/h5-8,13-14H,4,9-12H2,1-3H3/t13-,14-/m0/s1. The summed E-state index contributed by atoms with van der Waals surface area (Å²) in [6, 6.07) is 7.03. The van der Waals surface area contributed by atoms with Crippen LogP contribution in [0, 0.1) is 0 Å². The fourth-order valence-corrected chi connectivity index (χ4v) is 5.89. The number of nitrogens with zero attached hydrogens (tertiary/aromatic N) is 5. The summed E-state index contributed by atoms with van der Waals surface area (Å²) < 4.78 is 30.7. The summed E-state index contributed by atoms with van der Waals surface area (Å²) in [5.74, 6) is 0.798. The molecule has 1 aliphatic rings. The number of benzene rings is 1. The van der Waals surface area contributed by atoms with Gasteiger partial charge in [0, 0.05) is 12.1 Å². The molecule has 2 heterocycles. The van der Waals surface area contributed by atoms with Crippen molar-refractivity contribution in [2.75, 3.05) is 24.4 Å². The molecule has 0 aliphatic carbocycles. The van der Waals surface area contributed by atoms with E-state index in [4.69, 9.17) is 4.74 Å². The van der Waals surface area contributed by atoms with Gasteiger partial charge in [0.15, 0.2) is 9.84 Å². The Morgan fingerprint density at radius 3 is 2.83 bits per heavy atom. The predicted molar refractivity (Wildman–Crippen MR) is 110 cm³/mol. The fraction of sp³-hybridized carbons (Fsp3) is 0.556. The molecular formula is C18H25N5O4S2. The molecule has 11 heteroatoms. The number of thioether (sulfide) groups is 1. The maximum Gasteiger partial charge on any atom is 0.233 e. The number of ether oxygens (including phenoxy) is 1. The number of tetrazole rings is 1. The quantitative estimate of drug-likeness (QED) is 0.571. The lowest BCUT2D eigenvalue weighted by Crippen LogP contribution is -2.47. The van der Waals surface area contributed by atoms with Crippen molar-refractivity contribution in [1.29, 1.82) is 0 Å². The van der Waals surface area contributed by atoms with E-state index in [2.05, 4.69) is 15.5 Å². The van der Waals surface area contributed by atoms with Crippen LogP contribution in [-0.4, -0.2) is 75.9 Å². The second-order valence-corrected chi connectivity index (χ2v) is 10.1. The Bertz CT molecular complexity index is 963. The van der Waals surface area contributed by atoms with Gasteiger partial charge in [-0.25, -0.2) is 8.42 Å². The van der Waals surface area contributed by atoms with E-state index in [9.17, 15) is 13.2 Å². The molecule has 0 bridgehead atoms. The Morgan fingerprint density at radius 1 is 1.41 bits per heavy atom. The molecule has 1 fully saturated rings. The smallest absolute Gasteiger partial charge is 0.233 e. The summed E-state index contributed by atoms with van der Waals surface area (Å²) in [4.78, 5) is 14.7. The number of hydrogen-bond donors (Lipinski definition) is 0. The van der Waals surface area contributed by atoms with Crippen molar-refractivity contribution in [2.24, 2.45) is 0 Å². The van der Waals surface area contributed by atoms with Gasteiger partial charge >= 0.3 is 0 Å². The SMILES string of the molecule is CC[C@H](C)N(C(=O)CSc1nnnn1-c1ccccc1OC)[C@H]1CCS(=O)(=O)C1. The molecule has 1 aromatic heterocycles. The zero-order valence-electron chi connectivity index (χ0n) is 16.7. The minimum atomic E-state index is -3.08. The first-order chi connectivity index (χ1) is 13.9. The fourth-order valence-electron chi connectivity index (χ4n) is 3.43. The van der Waals surface area contributed by atoms with E-state index >= 15 is 0 Å². The Morgan fingerprint density at radius 2 is 2.17 bits per heavy atom. The Balaban J connectivity index is 1.75. The highest BCUT2D eigenvalue weighted by molar-refractivity contribution is 7.99. The number of carbonyl (C=O) groups excluding carboxylic acids is 1. The van der Waals surface area contributed by atoms with Crippen molar-refractivity contribution in [3.63, 3.8) is 0 Å². The highest BCUT2D eigenvalue weighted by Gasteiger charge is 2.36. The first-order valence-electron chi connectivity index (χ1n) is 9.42. The van der Waals surface area contributed by atoms with Gasteiger partial charge in [0.2, 0.25) is 11.1 Å². The molecule has 1 aliphatic heterocycles. The lowest BCUT2D eigenvalue weighted by molar-refractivity contribution is -0.132. The van der Waals surface area contributed by atoms with Gasteiger partial charge in [0.05, 0.1) is 24.4 Å². The lowest BCUT2D eigenvalue weighted by atomic mass is 10.1. The van der Waals surface area contributed by atoms with Gasteiger partial charge in [-0.1, -0.05) is 30.8 Å². The molecule has 1 aromatic carbocycles. The number of amides is 1. The van der Waals surface area contributed by atoms with Gasteiger partial charge in [0.25, 0.3) is 0 Å². The average Bonchev–Trinajstić information content (AvgIpc) is 3.32. The van der Waals surface area contributed by atoms with Crippen LogP contribution in [0.5, 0.6) is 5.75 Å². The van der Waals surface area contributed by atoms with Crippen LogP contribution in [0.15, 0.2) is 29.4 Å². The minimum absolute atomic E-state index is 0.0344. The molecule has 29 heavy (non-hydrogen) atoms. The van der Waals surface area contributed by atoms with Crippen molar-refractivity contribution in [3.8, 4) is 11.4 Å². The van der Waals surface area contributed by atoms with Crippen LogP contribution in [0.1, 0.15) is 26.7 Å². The van der Waals surface area contributed by atoms with Crippen LogP contribution in [-0.2, 0) is 14.6 Å². The molecule has 3 rings (SSSR count). The molecule has 0 saturated carbocycles. The molecule has 9 nitrogen and oxygen atoms in total. The van der Waals surface area contributed by atoms with Gasteiger partial charge < -0.3 is 9.64 Å². The largest absolute Gasteiger partial charge is 0.494 e. The minimum Gasteiger partial charge on any atom is -0.494 e. The van der Waals surface area contributed by atoms with E-state index < -0.39 is 9.84 Å². The summed E-state index contributed by atoms with van der Waals surface area (Å²) >= 11 is 1.22. The number of hydrogen-bond acceptors (Lipinski definition) is 8. The van der Waals surface area contributed by atoms with Crippen molar-refractivity contribution in [1.82, 2.24) is 25.1 Å². The van der Waals surface area contributed by atoms with Crippen LogP contribution >= 0.6 is 11.8 Å². The van der Waals surface area contributed by atoms with Gasteiger partial charge in [0.1, 0.15) is 11.4 Å². The first kappa shape index (κ1) is 21.6. The Kier molecular flexibility index (Phi) is 6.78. The van der Waals surface area contributed by atoms with E-state index in [0.717, 1.165) is 6.42 Å². The van der Waals surface area contributed by atoms with Crippen LogP contribution in [0.2, 0.25) is 0 Å². The molecule has 0 unspecified atom stereocenters. The Hall–Kier alpha value is -2.14. The molecular weight excluding hydrogens is 414 g/mol. The molecule has 0 radical (unpaired) electrons. The molecule has 0 N–H and O–H groups in total. The summed E-state index contributed by atoms with van der Waals surface area (Å²) in [5.41, 5.74) is 0.676. The van der Waals surface area contributed by atoms with Crippen LogP contribution in [0.3, 0.4) is 0 Å². The molecule has 1 saturated heterocycles. The normalized spacial score (nSPS) is 19.1. The molecule has 1 amide bonds. The van der Waals surface area contributed by atoms with Crippen molar-refractivity contribution in [2.45, 2.75) is 43.9 Å². The molecule has 158 valence electrons. The van der Waals surface area contributed by atoms with Crippen LogP contribution < -0.4 is 4.74 Å². The van der Waals surface area contributed by atoms with Gasteiger partial charge in [-0.3, -0.25) is 4.79 Å². The monoisotopic (exact) mass is 439 g/mol. The first-order valence-corrected chi connectivity index (χ1v) is 12.2. The van der Waals surface area contributed by atoms with Gasteiger partial charge in [-0.05, 0) is 42.3 Å². The van der Waals surface area contributed by atoms with Crippen LogP contribution in [0.4, 0.5) is 0 Å². The lowest BCUT2D eigenvalue weighted by Gasteiger charge is -2.33. The second kappa shape index (κ2) is 9.12. The van der Waals surface area contributed by atoms with Crippen molar-refractivity contribution in [3.05, 3.63) is 24.3 Å². The summed E-state index contributed by atoms with van der Waals surface area (Å²) in [5, 5.41) is 12.2. The molecule has 2 atom stereocenters. The summed E-state index contributed by atoms with van der Waals surface area (Å²) in [7, 11) is -1.51. The maximum atomic E-state index is 13.0. The maximum absolute atomic E-state index is 13.0. The van der Waals surface area contributed by atoms with Gasteiger partial charge in [-0.15, -0.1) is 5.10 Å². The Labute approximate surface area is 174 Å². The van der Waals surface area contributed by atoms with Crippen molar-refractivity contribution < 1.29 is 17.9 Å². The number of para-hydroxylation sites is 2. The summed E-state index contributed by atoms with van der Waals surface area (Å²) in [6.07, 6.45) is 1.24. The van der Waals surface area contributed by atoms with E-state index in [1.165, 1.54) is 16.4 Å². The predicted octanol–water partition coefficient (Wildman–Crippen LogP) is 1.58. The van der Waals surface area contributed by atoms with E-state index in [1.807, 2.05) is 38.1 Å². The van der Waals surface area contributed by atoms with E-state index in [0.29, 0.717) is 23.0 Å². The topological polar surface area (TPSA) is 107 Å². The number of sulfone groups is 1. The third-order valence-electron chi connectivity index (χ3n) is 5.03. The average molecular weight is 440 g/mol. The van der Waals surface area contributed by atoms with E-state index in [-0.39, 0.29) is 35.2 Å². The second-order valence-electron chi connectivity index (χ2n) is 6.95. The highest BCUT2D eigenvalue weighted by atomic mass is 32.2. The zero-order valence-corrected chi connectivity index (χ0v) is 18.3. The number of methoxy groups -OCH3 is 1. The molecule has 2 aromatic rings. The van der Waals surface area contributed by atoms with Crippen LogP contribution in [0.25, 0.3) is 5.69 Å². The molecule has 0 spiro atoms. The zero-order chi connectivity index (χ0) is 21.0. The summed E-state index contributed by atoms with van der Waals surface area (Å²) in [6.45, 7) is 3.94. The number of rotatable bonds is 8. The third-order valence-corrected chi connectivity index (χ3v) is 7.69. The van der Waals surface area contributed by atoms with Gasteiger partial charge in [-0.2, -0.15) is 4.68 Å². The number of carbonyl (C=O) groups is 1. The number of aromatic nitrogens is 4.